The molecule has 0 spiro atoms. The van der Waals surface area contributed by atoms with Crippen LogP contribution in [0, 0.1) is 0 Å². The third kappa shape index (κ3) is 3.30. The molecule has 1 rings (SSSR count). The minimum absolute atomic E-state index is 0.0615. The Morgan fingerprint density at radius 3 is 2.38 bits per heavy atom. The van der Waals surface area contributed by atoms with E-state index < -0.39 is 15.8 Å². The third-order valence-electron chi connectivity index (χ3n) is 1.69. The second kappa shape index (κ2) is 4.61. The van der Waals surface area contributed by atoms with Crippen LogP contribution in [0.5, 0.6) is 0 Å². The monoisotopic (exact) mass is 243 g/mol. The summed E-state index contributed by atoms with van der Waals surface area (Å²) in [5.74, 6) is -0.512. The summed E-state index contributed by atoms with van der Waals surface area (Å²) >= 11 is 0. The van der Waals surface area contributed by atoms with Crippen molar-refractivity contribution in [1.29, 1.82) is 0 Å². The Hall–Kier alpha value is -1.43. The zero-order chi connectivity index (χ0) is 12.3. The van der Waals surface area contributed by atoms with Gasteiger partial charge < -0.3 is 4.74 Å². The molecule has 1 heterocycles. The Labute approximate surface area is 94.4 Å². The first-order valence-electron chi connectivity index (χ1n) is 4.68. The van der Waals surface area contributed by atoms with Crippen molar-refractivity contribution in [2.75, 3.05) is 6.26 Å². The lowest BCUT2D eigenvalue weighted by molar-refractivity contribution is 0.0377. The summed E-state index contributed by atoms with van der Waals surface area (Å²) in [5, 5.41) is -0.0615. The molecule has 0 saturated heterocycles. The molecule has 0 unspecified atom stereocenters. The largest absolute Gasteiger partial charge is 0.459 e. The maximum atomic E-state index is 11.4. The molecular formula is C10H13NO4S. The molecule has 0 aromatic carbocycles. The SMILES string of the molecule is CC(C)OC(=O)c1ccc(S(C)(=O)=O)nc1. The fraction of sp³-hybridized carbons (Fsp3) is 0.400. The van der Waals surface area contributed by atoms with Crippen LogP contribution in [-0.4, -0.2) is 31.7 Å². The molecule has 5 nitrogen and oxygen atoms in total. The van der Waals surface area contributed by atoms with Gasteiger partial charge in [-0.3, -0.25) is 0 Å². The molecule has 88 valence electrons. The summed E-state index contributed by atoms with van der Waals surface area (Å²) in [4.78, 5) is 15.1. The van der Waals surface area contributed by atoms with Crippen LogP contribution in [-0.2, 0) is 14.6 Å². The van der Waals surface area contributed by atoms with E-state index >= 15 is 0 Å². The average Bonchev–Trinajstić information content (AvgIpc) is 2.15. The Morgan fingerprint density at radius 2 is 2.00 bits per heavy atom. The number of carbonyl (C=O) groups excluding carboxylic acids is 1. The maximum Gasteiger partial charge on any atom is 0.339 e. The van der Waals surface area contributed by atoms with Crippen LogP contribution in [0.15, 0.2) is 23.4 Å². The van der Waals surface area contributed by atoms with E-state index in [-0.39, 0.29) is 16.7 Å². The first kappa shape index (κ1) is 12.6. The van der Waals surface area contributed by atoms with E-state index in [1.807, 2.05) is 0 Å². The fourth-order valence-corrected chi connectivity index (χ4v) is 1.56. The van der Waals surface area contributed by atoms with Crippen LogP contribution in [0.3, 0.4) is 0 Å². The number of ether oxygens (including phenoxy) is 1. The highest BCUT2D eigenvalue weighted by Crippen LogP contribution is 2.08. The maximum absolute atomic E-state index is 11.4. The fourth-order valence-electron chi connectivity index (χ4n) is 1.00. The van der Waals surface area contributed by atoms with E-state index in [0.29, 0.717) is 0 Å². The Morgan fingerprint density at radius 1 is 1.38 bits per heavy atom. The summed E-state index contributed by atoms with van der Waals surface area (Å²) in [6.07, 6.45) is 2.03. The molecule has 0 aliphatic heterocycles. The molecule has 0 bridgehead atoms. The smallest absolute Gasteiger partial charge is 0.339 e. The minimum Gasteiger partial charge on any atom is -0.459 e. The first-order chi connectivity index (χ1) is 7.30. The number of rotatable bonds is 3. The molecule has 0 saturated carbocycles. The molecule has 1 aromatic heterocycles. The molecule has 0 fully saturated rings. The van der Waals surface area contributed by atoms with Crippen LogP contribution < -0.4 is 0 Å². The van der Waals surface area contributed by atoms with Crippen molar-refractivity contribution in [1.82, 2.24) is 4.98 Å². The Kier molecular flexibility index (Phi) is 3.64. The lowest BCUT2D eigenvalue weighted by Crippen LogP contribution is -2.12. The van der Waals surface area contributed by atoms with Gasteiger partial charge in [0.2, 0.25) is 0 Å². The number of pyridine rings is 1. The van der Waals surface area contributed by atoms with Crippen LogP contribution in [0.1, 0.15) is 24.2 Å². The summed E-state index contributed by atoms with van der Waals surface area (Å²) < 4.78 is 27.2. The molecule has 16 heavy (non-hydrogen) atoms. The molecule has 0 aliphatic carbocycles. The number of nitrogens with zero attached hydrogens (tertiary/aromatic N) is 1. The molecule has 6 heteroatoms. The van der Waals surface area contributed by atoms with Crippen molar-refractivity contribution < 1.29 is 17.9 Å². The van der Waals surface area contributed by atoms with Gasteiger partial charge in [0.25, 0.3) is 0 Å². The van der Waals surface area contributed by atoms with Crippen molar-refractivity contribution in [3.8, 4) is 0 Å². The van der Waals surface area contributed by atoms with E-state index in [9.17, 15) is 13.2 Å². The normalized spacial score (nSPS) is 11.5. The predicted octanol–water partition coefficient (Wildman–Crippen LogP) is 1.05. The van der Waals surface area contributed by atoms with Crippen molar-refractivity contribution >= 4 is 15.8 Å². The van der Waals surface area contributed by atoms with Gasteiger partial charge in [0.1, 0.15) is 0 Å². The molecule has 0 amide bonds. The quantitative estimate of drug-likeness (QED) is 0.742. The van der Waals surface area contributed by atoms with E-state index in [2.05, 4.69) is 4.98 Å². The number of hydrogen-bond acceptors (Lipinski definition) is 5. The van der Waals surface area contributed by atoms with Gasteiger partial charge in [0.15, 0.2) is 14.9 Å². The van der Waals surface area contributed by atoms with Crippen molar-refractivity contribution in [3.63, 3.8) is 0 Å². The van der Waals surface area contributed by atoms with Gasteiger partial charge >= 0.3 is 5.97 Å². The zero-order valence-electron chi connectivity index (χ0n) is 9.30. The predicted molar refractivity (Wildman–Crippen MR) is 57.9 cm³/mol. The van der Waals surface area contributed by atoms with E-state index in [1.54, 1.807) is 13.8 Å². The third-order valence-corrected chi connectivity index (χ3v) is 2.70. The Bertz CT molecular complexity index is 476. The van der Waals surface area contributed by atoms with Gasteiger partial charge in [-0.2, -0.15) is 0 Å². The lowest BCUT2D eigenvalue weighted by atomic mass is 10.3. The van der Waals surface area contributed by atoms with E-state index in [1.165, 1.54) is 18.3 Å². The van der Waals surface area contributed by atoms with Gasteiger partial charge in [0, 0.05) is 12.5 Å². The number of esters is 1. The van der Waals surface area contributed by atoms with Gasteiger partial charge in [-0.15, -0.1) is 0 Å². The summed E-state index contributed by atoms with van der Waals surface area (Å²) in [6.45, 7) is 3.46. The second-order valence-corrected chi connectivity index (χ2v) is 5.57. The minimum atomic E-state index is -3.33. The topological polar surface area (TPSA) is 73.3 Å². The van der Waals surface area contributed by atoms with Crippen LogP contribution in [0.4, 0.5) is 0 Å². The Balaban J connectivity index is 2.92. The van der Waals surface area contributed by atoms with E-state index in [0.717, 1.165) is 6.26 Å². The second-order valence-electron chi connectivity index (χ2n) is 3.61. The zero-order valence-corrected chi connectivity index (χ0v) is 10.1. The summed E-state index contributed by atoms with van der Waals surface area (Å²) in [6, 6.07) is 2.67. The van der Waals surface area contributed by atoms with Gasteiger partial charge in [-0.05, 0) is 26.0 Å². The standard InChI is InChI=1S/C10H13NO4S/c1-7(2)15-10(12)8-4-5-9(11-6-8)16(3,13)14/h4-7H,1-3H3. The van der Waals surface area contributed by atoms with Crippen molar-refractivity contribution in [2.45, 2.75) is 25.0 Å². The molecule has 0 N–H and O–H groups in total. The van der Waals surface area contributed by atoms with Gasteiger partial charge in [-0.25, -0.2) is 18.2 Å². The van der Waals surface area contributed by atoms with Crippen LogP contribution >= 0.6 is 0 Å². The first-order valence-corrected chi connectivity index (χ1v) is 6.57. The number of aromatic nitrogens is 1. The number of hydrogen-bond donors (Lipinski definition) is 0. The number of sulfone groups is 1. The highest BCUT2D eigenvalue weighted by atomic mass is 32.2. The molecule has 0 aliphatic rings. The van der Waals surface area contributed by atoms with Gasteiger partial charge in [-0.1, -0.05) is 0 Å². The average molecular weight is 243 g/mol. The highest BCUT2D eigenvalue weighted by Gasteiger charge is 2.12. The highest BCUT2D eigenvalue weighted by molar-refractivity contribution is 7.90. The van der Waals surface area contributed by atoms with Crippen molar-refractivity contribution in [3.05, 3.63) is 23.9 Å². The summed E-state index contributed by atoms with van der Waals surface area (Å²) in [5.41, 5.74) is 0.237. The van der Waals surface area contributed by atoms with Crippen LogP contribution in [0.2, 0.25) is 0 Å². The van der Waals surface area contributed by atoms with Crippen molar-refractivity contribution in [2.24, 2.45) is 0 Å². The van der Waals surface area contributed by atoms with E-state index in [4.69, 9.17) is 4.74 Å². The van der Waals surface area contributed by atoms with Gasteiger partial charge in [0.05, 0.1) is 11.7 Å². The molecular weight excluding hydrogens is 230 g/mol. The molecule has 1 aromatic rings. The van der Waals surface area contributed by atoms with Crippen LogP contribution in [0.25, 0.3) is 0 Å². The number of carbonyl (C=O) groups is 1. The molecule has 0 radical (unpaired) electrons. The summed E-state index contributed by atoms with van der Waals surface area (Å²) in [7, 11) is -3.33. The lowest BCUT2D eigenvalue weighted by Gasteiger charge is -2.07. The molecule has 0 atom stereocenters.